The smallest absolute Gasteiger partial charge is 0.229 e. The van der Waals surface area contributed by atoms with Crippen molar-refractivity contribution in [2.45, 2.75) is 77.2 Å². The minimum Gasteiger partial charge on any atom is -0.393 e. The number of aliphatic hydroxyl groups excluding tert-OH is 1. The van der Waals surface area contributed by atoms with Crippen LogP contribution in [-0.2, 0) is 6.42 Å². The molecule has 0 radical (unpaired) electrons. The molecule has 0 bridgehead atoms. The zero-order valence-corrected chi connectivity index (χ0v) is 12.1. The van der Waals surface area contributed by atoms with Crippen molar-refractivity contribution in [1.29, 1.82) is 0 Å². The van der Waals surface area contributed by atoms with Gasteiger partial charge in [0.15, 0.2) is 5.82 Å². The van der Waals surface area contributed by atoms with Gasteiger partial charge in [0.05, 0.1) is 12.5 Å². The zero-order valence-electron chi connectivity index (χ0n) is 12.1. The summed E-state index contributed by atoms with van der Waals surface area (Å²) in [5.74, 6) is 2.79. The molecule has 1 unspecified atom stereocenters. The number of rotatable bonds is 6. The van der Waals surface area contributed by atoms with E-state index in [9.17, 15) is 5.11 Å². The lowest BCUT2D eigenvalue weighted by Crippen LogP contribution is -2.14. The molecular weight excluding hydrogens is 240 g/mol. The molecule has 4 nitrogen and oxygen atoms in total. The van der Waals surface area contributed by atoms with Gasteiger partial charge in [0, 0.05) is 5.92 Å². The first-order valence-electron chi connectivity index (χ1n) is 7.73. The SMILES string of the molecule is CCCC(O)Cc1nc(C2CCC(CC)CC2)no1. The van der Waals surface area contributed by atoms with E-state index in [2.05, 4.69) is 24.0 Å². The summed E-state index contributed by atoms with van der Waals surface area (Å²) in [5, 5.41) is 13.9. The molecule has 1 saturated carbocycles. The van der Waals surface area contributed by atoms with Crippen LogP contribution in [-0.4, -0.2) is 21.4 Å². The Kier molecular flexibility index (Phi) is 5.37. The van der Waals surface area contributed by atoms with Crippen molar-refractivity contribution in [2.24, 2.45) is 5.92 Å². The van der Waals surface area contributed by atoms with Gasteiger partial charge in [-0.1, -0.05) is 31.8 Å². The Morgan fingerprint density at radius 1 is 1.26 bits per heavy atom. The highest BCUT2D eigenvalue weighted by Crippen LogP contribution is 2.35. The molecule has 1 heterocycles. The highest BCUT2D eigenvalue weighted by Gasteiger charge is 2.25. The molecule has 1 atom stereocenters. The van der Waals surface area contributed by atoms with Crippen LogP contribution >= 0.6 is 0 Å². The molecule has 1 aromatic rings. The summed E-state index contributed by atoms with van der Waals surface area (Å²) in [7, 11) is 0. The number of aromatic nitrogens is 2. The summed E-state index contributed by atoms with van der Waals surface area (Å²) in [6.07, 6.45) is 8.10. The maximum absolute atomic E-state index is 9.76. The van der Waals surface area contributed by atoms with E-state index in [0.717, 1.165) is 24.6 Å². The second kappa shape index (κ2) is 7.04. The summed E-state index contributed by atoms with van der Waals surface area (Å²) in [4.78, 5) is 4.47. The Morgan fingerprint density at radius 2 is 2.00 bits per heavy atom. The summed E-state index contributed by atoms with van der Waals surface area (Å²) >= 11 is 0. The Morgan fingerprint density at radius 3 is 2.63 bits per heavy atom. The van der Waals surface area contributed by atoms with Crippen LogP contribution in [0.4, 0.5) is 0 Å². The normalized spacial score (nSPS) is 25.4. The largest absolute Gasteiger partial charge is 0.393 e. The molecule has 1 aliphatic rings. The molecule has 0 spiro atoms. The predicted octanol–water partition coefficient (Wildman–Crippen LogP) is 3.46. The topological polar surface area (TPSA) is 59.2 Å². The first-order valence-corrected chi connectivity index (χ1v) is 7.73. The second-order valence-corrected chi connectivity index (χ2v) is 5.82. The Labute approximate surface area is 115 Å². The highest BCUT2D eigenvalue weighted by molar-refractivity contribution is 4.98. The predicted molar refractivity (Wildman–Crippen MR) is 73.9 cm³/mol. The number of nitrogens with zero attached hydrogens (tertiary/aromatic N) is 2. The van der Waals surface area contributed by atoms with E-state index in [1.165, 1.54) is 32.1 Å². The fraction of sp³-hybridized carbons (Fsp3) is 0.867. The van der Waals surface area contributed by atoms with Crippen molar-refractivity contribution in [3.05, 3.63) is 11.7 Å². The van der Waals surface area contributed by atoms with Crippen LogP contribution in [0.25, 0.3) is 0 Å². The van der Waals surface area contributed by atoms with Crippen LogP contribution in [0.3, 0.4) is 0 Å². The lowest BCUT2D eigenvalue weighted by Gasteiger charge is -2.25. The van der Waals surface area contributed by atoms with Gasteiger partial charge in [-0.15, -0.1) is 0 Å². The molecule has 1 aliphatic carbocycles. The van der Waals surface area contributed by atoms with Crippen LogP contribution < -0.4 is 0 Å². The molecule has 1 fully saturated rings. The lowest BCUT2D eigenvalue weighted by atomic mass is 9.80. The number of hydrogen-bond donors (Lipinski definition) is 1. The van der Waals surface area contributed by atoms with E-state index in [-0.39, 0.29) is 6.10 Å². The van der Waals surface area contributed by atoms with Crippen LogP contribution in [0.15, 0.2) is 4.52 Å². The van der Waals surface area contributed by atoms with Gasteiger partial charge < -0.3 is 9.63 Å². The summed E-state index contributed by atoms with van der Waals surface area (Å²) in [6.45, 7) is 4.33. The molecule has 0 aromatic carbocycles. The molecule has 19 heavy (non-hydrogen) atoms. The maximum atomic E-state index is 9.76. The molecule has 4 heteroatoms. The summed E-state index contributed by atoms with van der Waals surface area (Å²) in [6, 6.07) is 0. The van der Waals surface area contributed by atoms with Crippen molar-refractivity contribution < 1.29 is 9.63 Å². The third kappa shape index (κ3) is 4.03. The third-order valence-corrected chi connectivity index (χ3v) is 4.31. The molecular formula is C15H26N2O2. The third-order valence-electron chi connectivity index (χ3n) is 4.31. The van der Waals surface area contributed by atoms with Crippen molar-refractivity contribution in [3.8, 4) is 0 Å². The van der Waals surface area contributed by atoms with Gasteiger partial charge >= 0.3 is 0 Å². The molecule has 108 valence electrons. The fourth-order valence-corrected chi connectivity index (χ4v) is 2.98. The first kappa shape index (κ1) is 14.5. The van der Waals surface area contributed by atoms with Crippen LogP contribution in [0.1, 0.15) is 76.4 Å². The van der Waals surface area contributed by atoms with E-state index in [1.54, 1.807) is 0 Å². The van der Waals surface area contributed by atoms with Crippen LogP contribution in [0, 0.1) is 5.92 Å². The van der Waals surface area contributed by atoms with E-state index in [1.807, 2.05) is 0 Å². The van der Waals surface area contributed by atoms with Gasteiger partial charge in [-0.3, -0.25) is 0 Å². The zero-order chi connectivity index (χ0) is 13.7. The summed E-state index contributed by atoms with van der Waals surface area (Å²) < 4.78 is 5.27. The molecule has 1 aromatic heterocycles. The van der Waals surface area contributed by atoms with E-state index in [0.29, 0.717) is 18.2 Å². The average molecular weight is 266 g/mol. The van der Waals surface area contributed by atoms with Crippen molar-refractivity contribution in [2.75, 3.05) is 0 Å². The molecule has 2 rings (SSSR count). The summed E-state index contributed by atoms with van der Waals surface area (Å²) in [5.41, 5.74) is 0. The Balaban J connectivity index is 1.87. The van der Waals surface area contributed by atoms with Gasteiger partial charge in [0.1, 0.15) is 0 Å². The first-order chi connectivity index (χ1) is 9.22. The number of aliphatic hydroxyl groups is 1. The van der Waals surface area contributed by atoms with Crippen LogP contribution in [0.5, 0.6) is 0 Å². The average Bonchev–Trinajstić information content (AvgIpc) is 2.87. The highest BCUT2D eigenvalue weighted by atomic mass is 16.5. The Hall–Kier alpha value is -0.900. The van der Waals surface area contributed by atoms with Crippen LogP contribution in [0.2, 0.25) is 0 Å². The van der Waals surface area contributed by atoms with Gasteiger partial charge in [-0.25, -0.2) is 0 Å². The Bertz CT molecular complexity index is 370. The van der Waals surface area contributed by atoms with Gasteiger partial charge in [-0.05, 0) is 38.0 Å². The van der Waals surface area contributed by atoms with Crippen molar-refractivity contribution >= 4 is 0 Å². The van der Waals surface area contributed by atoms with E-state index in [4.69, 9.17) is 4.52 Å². The van der Waals surface area contributed by atoms with Crippen molar-refractivity contribution in [3.63, 3.8) is 0 Å². The molecule has 0 amide bonds. The fourth-order valence-electron chi connectivity index (χ4n) is 2.98. The molecule has 1 N–H and O–H groups in total. The lowest BCUT2D eigenvalue weighted by molar-refractivity contribution is 0.151. The maximum Gasteiger partial charge on any atom is 0.229 e. The molecule has 0 aliphatic heterocycles. The van der Waals surface area contributed by atoms with E-state index < -0.39 is 0 Å². The number of hydrogen-bond acceptors (Lipinski definition) is 4. The van der Waals surface area contributed by atoms with E-state index >= 15 is 0 Å². The molecule has 0 saturated heterocycles. The van der Waals surface area contributed by atoms with Gasteiger partial charge in [0.25, 0.3) is 0 Å². The van der Waals surface area contributed by atoms with Gasteiger partial charge in [0.2, 0.25) is 5.89 Å². The minimum atomic E-state index is -0.353. The standard InChI is InChI=1S/C15H26N2O2/c1-3-5-13(18)10-14-16-15(17-19-14)12-8-6-11(4-2)7-9-12/h11-13,18H,3-10H2,1-2H3. The monoisotopic (exact) mass is 266 g/mol. The quantitative estimate of drug-likeness (QED) is 0.856. The minimum absolute atomic E-state index is 0.353. The van der Waals surface area contributed by atoms with Gasteiger partial charge in [-0.2, -0.15) is 4.98 Å². The van der Waals surface area contributed by atoms with Crippen molar-refractivity contribution in [1.82, 2.24) is 10.1 Å². The second-order valence-electron chi connectivity index (χ2n) is 5.82.